The number of aromatic nitrogens is 4. The second-order valence-electron chi connectivity index (χ2n) is 8.27. The number of aliphatic hydroxyl groups is 2. The highest BCUT2D eigenvalue weighted by atomic mass is 16.6. The number of nitrogens with two attached hydrogens (primary N) is 1. The molecule has 182 valence electrons. The van der Waals surface area contributed by atoms with E-state index in [1.54, 1.807) is 6.92 Å². The third kappa shape index (κ3) is 4.66. The van der Waals surface area contributed by atoms with Crippen LogP contribution >= 0.6 is 0 Å². The Balaban J connectivity index is 1.52. The SMILES string of the molecule is CCNC(=O)[C@H]1O[C@@H](n2cnc3c(N)nc(C#CCN4CCC(C(=O)O)CC4)nc32)[C@@H](O)C1O. The standard InChI is InChI=1S/C21H27N7O6/c1-2-23-19(31)16-14(29)15(30)20(34-16)28-10-24-13-17(22)25-12(26-18(13)28)4-3-7-27-8-5-11(6-9-27)21(32)33/h10-11,14-16,20,29-30H,2,5-9H2,1H3,(H,23,31)(H,32,33)(H2,22,25,26)/t14?,15-,16-,20+/m0/s1. The van der Waals surface area contributed by atoms with Gasteiger partial charge in [-0.05, 0) is 38.8 Å². The number of fused-ring (bicyclic) bond motifs is 1. The van der Waals surface area contributed by atoms with Gasteiger partial charge in [-0.2, -0.15) is 0 Å². The quantitative estimate of drug-likeness (QED) is 0.312. The van der Waals surface area contributed by atoms with Crippen LogP contribution in [-0.2, 0) is 14.3 Å². The van der Waals surface area contributed by atoms with E-state index in [-0.39, 0.29) is 28.7 Å². The van der Waals surface area contributed by atoms with Crippen molar-refractivity contribution in [1.29, 1.82) is 0 Å². The number of carboxylic acid groups (broad SMARTS) is 1. The van der Waals surface area contributed by atoms with Gasteiger partial charge in [0.15, 0.2) is 23.8 Å². The van der Waals surface area contributed by atoms with Gasteiger partial charge in [0.25, 0.3) is 5.91 Å². The summed E-state index contributed by atoms with van der Waals surface area (Å²) in [7, 11) is 0. The van der Waals surface area contributed by atoms with Crippen LogP contribution in [0.2, 0.25) is 0 Å². The largest absolute Gasteiger partial charge is 0.481 e. The molecule has 0 bridgehead atoms. The lowest BCUT2D eigenvalue weighted by molar-refractivity contribution is -0.143. The molecular formula is C21H27N7O6. The maximum atomic E-state index is 12.2. The van der Waals surface area contributed by atoms with E-state index in [1.807, 2.05) is 0 Å². The molecule has 2 saturated heterocycles. The van der Waals surface area contributed by atoms with Crippen molar-refractivity contribution in [2.45, 2.75) is 44.3 Å². The summed E-state index contributed by atoms with van der Waals surface area (Å²) in [5.74, 6) is 4.47. The number of carbonyl (C=O) groups excluding carboxylic acids is 1. The van der Waals surface area contributed by atoms with Gasteiger partial charge < -0.3 is 31.1 Å². The van der Waals surface area contributed by atoms with Crippen LogP contribution < -0.4 is 11.1 Å². The fourth-order valence-corrected chi connectivity index (χ4v) is 4.13. The molecule has 1 amide bonds. The number of rotatable bonds is 5. The second-order valence-corrected chi connectivity index (χ2v) is 8.27. The highest BCUT2D eigenvalue weighted by molar-refractivity contribution is 5.83. The average Bonchev–Trinajstić information content (AvgIpc) is 3.36. The van der Waals surface area contributed by atoms with Gasteiger partial charge in [0.05, 0.1) is 18.8 Å². The monoisotopic (exact) mass is 473 g/mol. The second kappa shape index (κ2) is 9.90. The molecule has 13 heteroatoms. The predicted octanol–water partition coefficient (Wildman–Crippen LogP) is -1.69. The minimum atomic E-state index is -1.43. The van der Waals surface area contributed by atoms with Gasteiger partial charge in [0.2, 0.25) is 5.82 Å². The van der Waals surface area contributed by atoms with Crippen LogP contribution in [0.4, 0.5) is 5.82 Å². The van der Waals surface area contributed by atoms with Crippen LogP contribution in [0.1, 0.15) is 31.8 Å². The number of likely N-dealkylation sites (N-methyl/N-ethyl adjacent to an activating group) is 1. The van der Waals surface area contributed by atoms with E-state index in [2.05, 4.69) is 37.0 Å². The first-order valence-electron chi connectivity index (χ1n) is 11.0. The van der Waals surface area contributed by atoms with Crippen molar-refractivity contribution in [2.24, 2.45) is 5.92 Å². The van der Waals surface area contributed by atoms with Gasteiger partial charge in [0, 0.05) is 6.54 Å². The number of aliphatic hydroxyl groups excluding tert-OH is 2. The number of aliphatic carboxylic acids is 1. The van der Waals surface area contributed by atoms with Crippen molar-refractivity contribution < 1.29 is 29.6 Å². The van der Waals surface area contributed by atoms with Crippen molar-refractivity contribution in [1.82, 2.24) is 29.7 Å². The lowest BCUT2D eigenvalue weighted by Crippen LogP contribution is -2.42. The summed E-state index contributed by atoms with van der Waals surface area (Å²) in [6.45, 7) is 3.80. The van der Waals surface area contributed by atoms with E-state index in [0.29, 0.717) is 39.0 Å². The smallest absolute Gasteiger partial charge is 0.306 e. The summed E-state index contributed by atoms with van der Waals surface area (Å²) in [6, 6.07) is 0. The number of ether oxygens (including phenoxy) is 1. The Bertz CT molecular complexity index is 1130. The predicted molar refractivity (Wildman–Crippen MR) is 118 cm³/mol. The van der Waals surface area contributed by atoms with Gasteiger partial charge >= 0.3 is 5.97 Å². The van der Waals surface area contributed by atoms with Gasteiger partial charge in [-0.1, -0.05) is 5.92 Å². The molecule has 4 heterocycles. The molecular weight excluding hydrogens is 446 g/mol. The molecule has 2 aromatic heterocycles. The van der Waals surface area contributed by atoms with E-state index in [1.165, 1.54) is 10.9 Å². The summed E-state index contributed by atoms with van der Waals surface area (Å²) in [6.07, 6.45) is -2.68. The molecule has 2 aliphatic rings. The Kier molecular flexibility index (Phi) is 6.94. The third-order valence-corrected chi connectivity index (χ3v) is 6.01. The molecule has 4 atom stereocenters. The summed E-state index contributed by atoms with van der Waals surface area (Å²) in [5.41, 5.74) is 6.54. The number of nitrogen functional groups attached to an aromatic ring is 1. The zero-order valence-electron chi connectivity index (χ0n) is 18.6. The van der Waals surface area contributed by atoms with Crippen LogP contribution in [0.5, 0.6) is 0 Å². The summed E-state index contributed by atoms with van der Waals surface area (Å²) < 4.78 is 7.03. The van der Waals surface area contributed by atoms with Crippen molar-refractivity contribution in [3.8, 4) is 11.8 Å². The van der Waals surface area contributed by atoms with Gasteiger partial charge in [-0.3, -0.25) is 19.1 Å². The number of carbonyl (C=O) groups is 2. The number of hydrogen-bond donors (Lipinski definition) is 5. The fourth-order valence-electron chi connectivity index (χ4n) is 4.13. The normalized spacial score (nSPS) is 25.7. The molecule has 0 spiro atoms. The number of nitrogens with zero attached hydrogens (tertiary/aromatic N) is 5. The van der Waals surface area contributed by atoms with Crippen molar-refractivity contribution in [3.63, 3.8) is 0 Å². The minimum Gasteiger partial charge on any atom is -0.481 e. The lowest BCUT2D eigenvalue weighted by Gasteiger charge is -2.28. The van der Waals surface area contributed by atoms with Crippen molar-refractivity contribution >= 4 is 28.9 Å². The zero-order chi connectivity index (χ0) is 24.4. The van der Waals surface area contributed by atoms with Crippen LogP contribution in [0.3, 0.4) is 0 Å². The molecule has 2 aromatic rings. The number of nitrogens with one attached hydrogen (secondary N) is 1. The number of piperidine rings is 1. The Morgan fingerprint density at radius 2 is 2.00 bits per heavy atom. The van der Waals surface area contributed by atoms with Crippen LogP contribution in [0.15, 0.2) is 6.33 Å². The van der Waals surface area contributed by atoms with Gasteiger partial charge in [-0.25, -0.2) is 15.0 Å². The highest BCUT2D eigenvalue weighted by Gasteiger charge is 2.47. The molecule has 2 aliphatic heterocycles. The van der Waals surface area contributed by atoms with E-state index in [9.17, 15) is 19.8 Å². The molecule has 0 aliphatic carbocycles. The number of anilines is 1. The summed E-state index contributed by atoms with van der Waals surface area (Å²) in [5, 5.41) is 32.5. The topological polar surface area (TPSA) is 189 Å². The van der Waals surface area contributed by atoms with Crippen LogP contribution in [-0.4, -0.2) is 96.1 Å². The van der Waals surface area contributed by atoms with E-state index in [0.717, 1.165) is 0 Å². The molecule has 0 saturated carbocycles. The number of hydrogen-bond acceptors (Lipinski definition) is 10. The number of carboxylic acids is 1. The molecule has 13 nitrogen and oxygen atoms in total. The Labute approximate surface area is 194 Å². The number of imidazole rings is 1. The van der Waals surface area contributed by atoms with Crippen LogP contribution in [0.25, 0.3) is 11.2 Å². The average molecular weight is 473 g/mol. The van der Waals surface area contributed by atoms with Crippen molar-refractivity contribution in [3.05, 3.63) is 12.2 Å². The first-order chi connectivity index (χ1) is 16.3. The first-order valence-corrected chi connectivity index (χ1v) is 11.0. The molecule has 2 fully saturated rings. The van der Waals surface area contributed by atoms with E-state index in [4.69, 9.17) is 15.6 Å². The highest BCUT2D eigenvalue weighted by Crippen LogP contribution is 2.32. The summed E-state index contributed by atoms with van der Waals surface area (Å²) in [4.78, 5) is 38.0. The van der Waals surface area contributed by atoms with E-state index >= 15 is 0 Å². The maximum absolute atomic E-state index is 12.2. The molecule has 6 N–H and O–H groups in total. The van der Waals surface area contributed by atoms with Gasteiger partial charge in [-0.15, -0.1) is 0 Å². The minimum absolute atomic E-state index is 0.0867. The first kappa shape index (κ1) is 23.8. The lowest BCUT2D eigenvalue weighted by atomic mass is 9.97. The zero-order valence-corrected chi connectivity index (χ0v) is 18.6. The molecule has 4 rings (SSSR count). The number of amides is 1. The number of likely N-dealkylation sites (tertiary alicyclic amines) is 1. The molecule has 0 radical (unpaired) electrons. The Morgan fingerprint density at radius 3 is 2.68 bits per heavy atom. The fraction of sp³-hybridized carbons (Fsp3) is 0.571. The van der Waals surface area contributed by atoms with Crippen LogP contribution in [0, 0.1) is 17.8 Å². The van der Waals surface area contributed by atoms with E-state index < -0.39 is 36.4 Å². The Hall–Kier alpha value is -3.31. The molecule has 0 aromatic carbocycles. The van der Waals surface area contributed by atoms with Gasteiger partial charge in [0.1, 0.15) is 17.7 Å². The maximum Gasteiger partial charge on any atom is 0.306 e. The Morgan fingerprint density at radius 1 is 1.26 bits per heavy atom. The molecule has 34 heavy (non-hydrogen) atoms. The third-order valence-electron chi connectivity index (χ3n) is 6.01. The molecule has 1 unspecified atom stereocenters. The summed E-state index contributed by atoms with van der Waals surface area (Å²) >= 11 is 0. The van der Waals surface area contributed by atoms with Crippen molar-refractivity contribution in [2.75, 3.05) is 31.9 Å².